The summed E-state index contributed by atoms with van der Waals surface area (Å²) in [4.78, 5) is 5.05. The Labute approximate surface area is 109 Å². The number of anilines is 1. The second-order valence-electron chi connectivity index (χ2n) is 5.01. The molecular weight excluding hydrogens is 226 g/mol. The van der Waals surface area contributed by atoms with Crippen molar-refractivity contribution < 1.29 is 4.74 Å². The highest BCUT2D eigenvalue weighted by molar-refractivity contribution is 5.58. The van der Waals surface area contributed by atoms with Crippen molar-refractivity contribution in [2.24, 2.45) is 0 Å². The van der Waals surface area contributed by atoms with E-state index in [-0.39, 0.29) is 0 Å². The van der Waals surface area contributed by atoms with E-state index in [2.05, 4.69) is 27.2 Å². The molecule has 0 amide bonds. The molecule has 0 aliphatic carbocycles. The molecule has 1 atom stereocenters. The fraction of sp³-hybridized carbons (Fsp3) is 0.571. The number of methoxy groups -OCH3 is 1. The quantitative estimate of drug-likeness (QED) is 0.836. The summed E-state index contributed by atoms with van der Waals surface area (Å²) in [6.07, 6.45) is 0. The Hall–Kier alpha value is -1.26. The first kappa shape index (κ1) is 11.8. The molecule has 1 unspecified atom stereocenters. The molecule has 0 radical (unpaired) electrons. The third-order valence-corrected chi connectivity index (χ3v) is 3.99. The monoisotopic (exact) mass is 247 g/mol. The molecule has 3 rings (SSSR count). The summed E-state index contributed by atoms with van der Waals surface area (Å²) in [7, 11) is 1.75. The summed E-state index contributed by atoms with van der Waals surface area (Å²) in [6, 6.07) is 8.95. The molecule has 2 saturated heterocycles. The average molecular weight is 247 g/mol. The van der Waals surface area contributed by atoms with Gasteiger partial charge in [-0.15, -0.1) is 0 Å². The number of benzene rings is 1. The molecule has 0 spiro atoms. The minimum Gasteiger partial charge on any atom is -0.495 e. The van der Waals surface area contributed by atoms with Crippen LogP contribution >= 0.6 is 0 Å². The van der Waals surface area contributed by atoms with Gasteiger partial charge < -0.3 is 15.0 Å². The van der Waals surface area contributed by atoms with Crippen LogP contribution in [0.5, 0.6) is 5.75 Å². The van der Waals surface area contributed by atoms with Crippen molar-refractivity contribution in [3.63, 3.8) is 0 Å². The highest BCUT2D eigenvalue weighted by atomic mass is 16.5. The van der Waals surface area contributed by atoms with E-state index in [4.69, 9.17) is 4.74 Å². The Kier molecular flexibility index (Phi) is 3.39. The topological polar surface area (TPSA) is 27.7 Å². The second-order valence-corrected chi connectivity index (χ2v) is 5.01. The predicted molar refractivity (Wildman–Crippen MR) is 73.4 cm³/mol. The van der Waals surface area contributed by atoms with Crippen molar-refractivity contribution in [3.8, 4) is 5.75 Å². The first-order chi connectivity index (χ1) is 8.88. The number of hydrogen-bond donors (Lipinski definition) is 1. The van der Waals surface area contributed by atoms with Crippen molar-refractivity contribution in [3.05, 3.63) is 24.3 Å². The first-order valence-corrected chi connectivity index (χ1v) is 6.71. The lowest BCUT2D eigenvalue weighted by Crippen LogP contribution is -2.61. The van der Waals surface area contributed by atoms with Gasteiger partial charge in [0, 0.05) is 45.3 Å². The molecule has 1 aromatic rings. The average Bonchev–Trinajstić information content (AvgIpc) is 2.46. The number of nitrogens with one attached hydrogen (secondary N) is 1. The van der Waals surface area contributed by atoms with Crippen LogP contribution in [0.25, 0.3) is 0 Å². The highest BCUT2D eigenvalue weighted by Gasteiger charge is 2.29. The van der Waals surface area contributed by atoms with Crippen molar-refractivity contribution in [2.45, 2.75) is 6.04 Å². The smallest absolute Gasteiger partial charge is 0.142 e. The number of ether oxygens (including phenoxy) is 1. The number of hydrogen-bond acceptors (Lipinski definition) is 4. The number of fused-ring (bicyclic) bond motifs is 1. The SMILES string of the molecule is COc1ccccc1N1CCN2CCNCC2C1. The largest absolute Gasteiger partial charge is 0.495 e. The zero-order valence-corrected chi connectivity index (χ0v) is 10.9. The maximum absolute atomic E-state index is 5.46. The number of para-hydroxylation sites is 2. The molecule has 0 aromatic heterocycles. The summed E-state index contributed by atoms with van der Waals surface area (Å²) in [5.74, 6) is 0.981. The fourth-order valence-electron chi connectivity index (χ4n) is 2.98. The number of nitrogens with zero attached hydrogens (tertiary/aromatic N) is 2. The summed E-state index contributed by atoms with van der Waals surface area (Å²) in [5.41, 5.74) is 1.23. The number of piperazine rings is 2. The Balaban J connectivity index is 1.77. The molecule has 1 aromatic carbocycles. The van der Waals surface area contributed by atoms with Gasteiger partial charge in [0.25, 0.3) is 0 Å². The van der Waals surface area contributed by atoms with Gasteiger partial charge >= 0.3 is 0 Å². The lowest BCUT2D eigenvalue weighted by Gasteiger charge is -2.45. The van der Waals surface area contributed by atoms with E-state index in [1.54, 1.807) is 7.11 Å². The standard InChI is InChI=1S/C14H21N3O/c1-18-14-5-3-2-4-13(14)17-9-8-16-7-6-15-10-12(16)11-17/h2-5,12,15H,6-11H2,1H3. The van der Waals surface area contributed by atoms with Crippen LogP contribution < -0.4 is 15.0 Å². The third kappa shape index (κ3) is 2.18. The van der Waals surface area contributed by atoms with Gasteiger partial charge in [-0.2, -0.15) is 0 Å². The molecule has 2 heterocycles. The summed E-state index contributed by atoms with van der Waals surface area (Å²) in [6.45, 7) is 6.76. The zero-order valence-electron chi connectivity index (χ0n) is 10.9. The van der Waals surface area contributed by atoms with Crippen LogP contribution in [0.4, 0.5) is 5.69 Å². The first-order valence-electron chi connectivity index (χ1n) is 6.71. The van der Waals surface area contributed by atoms with Gasteiger partial charge in [-0.1, -0.05) is 12.1 Å². The summed E-state index contributed by atoms with van der Waals surface area (Å²) in [5, 5.41) is 3.48. The Morgan fingerprint density at radius 1 is 1.22 bits per heavy atom. The molecular formula is C14H21N3O. The van der Waals surface area contributed by atoms with Crippen molar-refractivity contribution in [2.75, 3.05) is 51.3 Å². The van der Waals surface area contributed by atoms with E-state index in [9.17, 15) is 0 Å². The van der Waals surface area contributed by atoms with Crippen LogP contribution in [-0.2, 0) is 0 Å². The highest BCUT2D eigenvalue weighted by Crippen LogP contribution is 2.29. The second kappa shape index (κ2) is 5.16. The minimum atomic E-state index is 0.636. The maximum Gasteiger partial charge on any atom is 0.142 e. The van der Waals surface area contributed by atoms with E-state index in [0.29, 0.717) is 6.04 Å². The summed E-state index contributed by atoms with van der Waals surface area (Å²) < 4.78 is 5.46. The van der Waals surface area contributed by atoms with Crippen molar-refractivity contribution in [1.29, 1.82) is 0 Å². The van der Waals surface area contributed by atoms with E-state index in [1.165, 1.54) is 12.2 Å². The molecule has 98 valence electrons. The number of rotatable bonds is 2. The van der Waals surface area contributed by atoms with E-state index < -0.39 is 0 Å². The lowest BCUT2D eigenvalue weighted by molar-refractivity contribution is 0.145. The van der Waals surface area contributed by atoms with Gasteiger partial charge in [-0.05, 0) is 12.1 Å². The molecule has 0 saturated carbocycles. The molecule has 18 heavy (non-hydrogen) atoms. The van der Waals surface area contributed by atoms with Gasteiger partial charge in [0.1, 0.15) is 5.75 Å². The van der Waals surface area contributed by atoms with Gasteiger partial charge in [0.15, 0.2) is 0 Å². The molecule has 4 nitrogen and oxygen atoms in total. The van der Waals surface area contributed by atoms with Crippen LogP contribution in [0.2, 0.25) is 0 Å². The van der Waals surface area contributed by atoms with Crippen LogP contribution in [0.15, 0.2) is 24.3 Å². The Bertz CT molecular complexity index is 410. The normalized spacial score (nSPS) is 24.7. The Morgan fingerprint density at radius 2 is 2.11 bits per heavy atom. The molecule has 1 N–H and O–H groups in total. The van der Waals surface area contributed by atoms with E-state index in [1.807, 2.05) is 12.1 Å². The van der Waals surface area contributed by atoms with Crippen molar-refractivity contribution in [1.82, 2.24) is 10.2 Å². The molecule has 2 aliphatic heterocycles. The molecule has 0 bridgehead atoms. The Morgan fingerprint density at radius 3 is 3.00 bits per heavy atom. The van der Waals surface area contributed by atoms with Gasteiger partial charge in [-0.25, -0.2) is 0 Å². The van der Waals surface area contributed by atoms with Crippen LogP contribution in [0, 0.1) is 0 Å². The van der Waals surface area contributed by atoms with Gasteiger partial charge in [-0.3, -0.25) is 4.90 Å². The lowest BCUT2D eigenvalue weighted by atomic mass is 10.1. The summed E-state index contributed by atoms with van der Waals surface area (Å²) >= 11 is 0. The minimum absolute atomic E-state index is 0.636. The van der Waals surface area contributed by atoms with Crippen LogP contribution in [-0.4, -0.2) is 57.3 Å². The van der Waals surface area contributed by atoms with E-state index >= 15 is 0 Å². The third-order valence-electron chi connectivity index (χ3n) is 3.99. The van der Waals surface area contributed by atoms with Crippen molar-refractivity contribution >= 4 is 5.69 Å². The molecule has 4 heteroatoms. The fourth-order valence-corrected chi connectivity index (χ4v) is 2.98. The van der Waals surface area contributed by atoms with Gasteiger partial charge in [0.2, 0.25) is 0 Å². The molecule has 2 fully saturated rings. The van der Waals surface area contributed by atoms with Gasteiger partial charge in [0.05, 0.1) is 12.8 Å². The molecule has 2 aliphatic rings. The predicted octanol–water partition coefficient (Wildman–Crippen LogP) is 0.789. The van der Waals surface area contributed by atoms with E-state index in [0.717, 1.165) is 38.5 Å². The van der Waals surface area contributed by atoms with Crippen LogP contribution in [0.1, 0.15) is 0 Å². The maximum atomic E-state index is 5.46. The zero-order chi connectivity index (χ0) is 12.4. The van der Waals surface area contributed by atoms with Crippen LogP contribution in [0.3, 0.4) is 0 Å².